The number of nitrogens with zero attached hydrogens (tertiary/aromatic N) is 2. The predicted octanol–water partition coefficient (Wildman–Crippen LogP) is 3.72. The summed E-state index contributed by atoms with van der Waals surface area (Å²) in [5.74, 6) is -0.625. The molecule has 2 rings (SSSR count). The van der Waals surface area contributed by atoms with E-state index in [1.54, 1.807) is 39.1 Å². The molecule has 6 nitrogen and oxygen atoms in total. The Balaban J connectivity index is 2.17. The van der Waals surface area contributed by atoms with E-state index >= 15 is 0 Å². The van der Waals surface area contributed by atoms with E-state index in [4.69, 9.17) is 27.9 Å². The molecule has 1 aromatic heterocycles. The van der Waals surface area contributed by atoms with Crippen LogP contribution in [0.25, 0.3) is 0 Å². The summed E-state index contributed by atoms with van der Waals surface area (Å²) in [6, 6.07) is 6.25. The van der Waals surface area contributed by atoms with Crippen molar-refractivity contribution >= 4 is 39.2 Å². The number of aryl methyl sites for hydroxylation is 1. The molecule has 0 bridgehead atoms. The summed E-state index contributed by atoms with van der Waals surface area (Å²) in [6.07, 6.45) is 1.41. The Labute approximate surface area is 163 Å². The van der Waals surface area contributed by atoms with E-state index < -0.39 is 16.0 Å². The number of esters is 1. The molecule has 0 amide bonds. The zero-order chi connectivity index (χ0) is 19.5. The Kier molecular flexibility index (Phi) is 6.74. The normalized spacial score (nSPS) is 11.8. The van der Waals surface area contributed by atoms with Crippen molar-refractivity contribution < 1.29 is 17.9 Å². The molecule has 26 heavy (non-hydrogen) atoms. The van der Waals surface area contributed by atoms with Gasteiger partial charge in [-0.25, -0.2) is 13.2 Å². The summed E-state index contributed by atoms with van der Waals surface area (Å²) in [6.45, 7) is 4.22. The van der Waals surface area contributed by atoms with Crippen molar-refractivity contribution in [2.75, 3.05) is 13.1 Å². The highest BCUT2D eigenvalue weighted by Crippen LogP contribution is 2.23. The van der Waals surface area contributed by atoms with E-state index in [0.29, 0.717) is 28.7 Å². The van der Waals surface area contributed by atoms with Gasteiger partial charge in [0.25, 0.3) is 0 Å². The van der Waals surface area contributed by atoms with E-state index in [1.165, 1.54) is 21.1 Å². The number of sulfonamides is 1. The van der Waals surface area contributed by atoms with Crippen LogP contribution in [0.1, 0.15) is 29.9 Å². The van der Waals surface area contributed by atoms with Crippen molar-refractivity contribution in [3.8, 4) is 0 Å². The molecule has 0 radical (unpaired) electrons. The van der Waals surface area contributed by atoms with Gasteiger partial charge in [-0.05, 0) is 23.8 Å². The minimum absolute atomic E-state index is 0.000962. The smallest absolute Gasteiger partial charge is 0.355 e. The molecule has 0 aliphatic heterocycles. The quantitative estimate of drug-likeness (QED) is 0.642. The van der Waals surface area contributed by atoms with Crippen molar-refractivity contribution in [2.24, 2.45) is 7.05 Å². The summed E-state index contributed by atoms with van der Waals surface area (Å²) in [5, 5.41) is 0.780. The zero-order valence-corrected chi connectivity index (χ0v) is 17.0. The molecule has 0 saturated carbocycles. The number of carbonyl (C=O) groups is 1. The van der Waals surface area contributed by atoms with Gasteiger partial charge in [-0.1, -0.05) is 43.1 Å². The van der Waals surface area contributed by atoms with E-state index in [2.05, 4.69) is 0 Å². The maximum absolute atomic E-state index is 12.6. The van der Waals surface area contributed by atoms with E-state index in [0.717, 1.165) is 0 Å². The van der Waals surface area contributed by atoms with Gasteiger partial charge in [-0.15, -0.1) is 0 Å². The maximum atomic E-state index is 12.6. The topological polar surface area (TPSA) is 68.6 Å². The number of aromatic nitrogens is 1. The second kappa shape index (κ2) is 8.43. The van der Waals surface area contributed by atoms with Crippen LogP contribution in [0.3, 0.4) is 0 Å². The zero-order valence-electron chi connectivity index (χ0n) is 14.7. The molecule has 0 fully saturated rings. The number of carbonyl (C=O) groups excluding carboxylic acids is 1. The second-order valence-electron chi connectivity index (χ2n) is 5.59. The summed E-state index contributed by atoms with van der Waals surface area (Å²) >= 11 is 11.8. The standard InChI is InChI=1S/C17H20Cl2N2O4S/c1-4-21(5-2)26(23,24)13-9-16(20(3)10-13)17(22)25-11-12-6-7-14(18)15(19)8-12/h6-10H,4-5,11H2,1-3H3. The minimum atomic E-state index is -3.64. The Morgan fingerprint density at radius 3 is 2.38 bits per heavy atom. The van der Waals surface area contributed by atoms with Crippen LogP contribution in [0.2, 0.25) is 10.0 Å². The van der Waals surface area contributed by atoms with Gasteiger partial charge >= 0.3 is 5.97 Å². The number of hydrogen-bond donors (Lipinski definition) is 0. The SMILES string of the molecule is CCN(CC)S(=O)(=O)c1cc(C(=O)OCc2ccc(Cl)c(Cl)c2)n(C)c1. The molecule has 0 spiro atoms. The molecule has 0 aliphatic carbocycles. The Hall–Kier alpha value is -1.54. The van der Waals surface area contributed by atoms with Crippen LogP contribution in [0.15, 0.2) is 35.4 Å². The number of hydrogen-bond acceptors (Lipinski definition) is 4. The molecule has 0 N–H and O–H groups in total. The largest absolute Gasteiger partial charge is 0.456 e. The van der Waals surface area contributed by atoms with Crippen LogP contribution in [0.5, 0.6) is 0 Å². The lowest BCUT2D eigenvalue weighted by Gasteiger charge is -2.17. The highest BCUT2D eigenvalue weighted by Gasteiger charge is 2.25. The first-order chi connectivity index (χ1) is 12.2. The monoisotopic (exact) mass is 418 g/mol. The third-order valence-electron chi connectivity index (χ3n) is 3.89. The van der Waals surface area contributed by atoms with Gasteiger partial charge in [0.2, 0.25) is 10.0 Å². The molecule has 0 atom stereocenters. The number of benzene rings is 1. The first-order valence-corrected chi connectivity index (χ1v) is 10.2. The lowest BCUT2D eigenvalue weighted by atomic mass is 10.2. The average Bonchev–Trinajstić information content (AvgIpc) is 2.99. The first-order valence-electron chi connectivity index (χ1n) is 7.98. The molecule has 0 saturated heterocycles. The summed E-state index contributed by atoms with van der Waals surface area (Å²) in [4.78, 5) is 12.4. The highest BCUT2D eigenvalue weighted by atomic mass is 35.5. The van der Waals surface area contributed by atoms with E-state index in [9.17, 15) is 13.2 Å². The molecule has 142 valence electrons. The van der Waals surface area contributed by atoms with Gasteiger partial charge in [0.1, 0.15) is 17.2 Å². The van der Waals surface area contributed by atoms with Gasteiger partial charge in [-0.3, -0.25) is 0 Å². The lowest BCUT2D eigenvalue weighted by molar-refractivity contribution is 0.0461. The average molecular weight is 419 g/mol. The summed E-state index contributed by atoms with van der Waals surface area (Å²) < 4.78 is 33.2. The fourth-order valence-corrected chi connectivity index (χ4v) is 4.29. The molecule has 0 aliphatic rings. The van der Waals surface area contributed by atoms with Crippen LogP contribution in [-0.2, 0) is 28.4 Å². The fraction of sp³-hybridized carbons (Fsp3) is 0.353. The molecule has 2 aromatic rings. The molecule has 1 aromatic carbocycles. The molecule has 9 heteroatoms. The van der Waals surface area contributed by atoms with Crippen molar-refractivity contribution in [2.45, 2.75) is 25.3 Å². The molecular weight excluding hydrogens is 399 g/mol. The predicted molar refractivity (Wildman–Crippen MR) is 101 cm³/mol. The van der Waals surface area contributed by atoms with E-state index in [-0.39, 0.29) is 17.2 Å². The second-order valence-corrected chi connectivity index (χ2v) is 8.34. The van der Waals surface area contributed by atoms with Crippen molar-refractivity contribution in [1.82, 2.24) is 8.87 Å². The van der Waals surface area contributed by atoms with Crippen LogP contribution >= 0.6 is 23.2 Å². The summed E-state index contributed by atoms with van der Waals surface area (Å²) in [5.41, 5.74) is 0.828. The lowest BCUT2D eigenvalue weighted by Crippen LogP contribution is -2.30. The molecular formula is C17H20Cl2N2O4S. The van der Waals surface area contributed by atoms with Crippen LogP contribution in [-0.4, -0.2) is 36.3 Å². The van der Waals surface area contributed by atoms with Crippen LogP contribution < -0.4 is 0 Å². The van der Waals surface area contributed by atoms with Crippen molar-refractivity contribution in [1.29, 1.82) is 0 Å². The first kappa shape index (κ1) is 20.8. The van der Waals surface area contributed by atoms with Gasteiger partial charge in [0.05, 0.1) is 10.0 Å². The number of ether oxygens (including phenoxy) is 1. The molecule has 0 unspecified atom stereocenters. The molecule has 1 heterocycles. The Morgan fingerprint density at radius 1 is 1.15 bits per heavy atom. The third kappa shape index (κ3) is 4.40. The Bertz CT molecular complexity index is 905. The van der Waals surface area contributed by atoms with Crippen molar-refractivity contribution in [3.05, 3.63) is 51.8 Å². The Morgan fingerprint density at radius 2 is 1.81 bits per heavy atom. The van der Waals surface area contributed by atoms with E-state index in [1.807, 2.05) is 0 Å². The van der Waals surface area contributed by atoms with Crippen molar-refractivity contribution in [3.63, 3.8) is 0 Å². The number of halogens is 2. The van der Waals surface area contributed by atoms with Gasteiger partial charge in [0.15, 0.2) is 0 Å². The van der Waals surface area contributed by atoms with Crippen LogP contribution in [0.4, 0.5) is 0 Å². The fourth-order valence-electron chi connectivity index (χ4n) is 2.44. The highest BCUT2D eigenvalue weighted by molar-refractivity contribution is 7.89. The van der Waals surface area contributed by atoms with Gasteiger partial charge < -0.3 is 9.30 Å². The van der Waals surface area contributed by atoms with Crippen LogP contribution in [0, 0.1) is 0 Å². The van der Waals surface area contributed by atoms with Gasteiger partial charge in [-0.2, -0.15) is 4.31 Å². The number of rotatable bonds is 7. The minimum Gasteiger partial charge on any atom is -0.456 e. The maximum Gasteiger partial charge on any atom is 0.355 e. The third-order valence-corrected chi connectivity index (χ3v) is 6.64. The summed E-state index contributed by atoms with van der Waals surface area (Å²) in [7, 11) is -2.05. The van der Waals surface area contributed by atoms with Gasteiger partial charge in [0, 0.05) is 26.3 Å².